The van der Waals surface area contributed by atoms with Crippen LogP contribution in [0.4, 0.5) is 10.1 Å². The van der Waals surface area contributed by atoms with Crippen LogP contribution in [0.3, 0.4) is 0 Å². The van der Waals surface area contributed by atoms with Crippen molar-refractivity contribution in [2.75, 3.05) is 18.0 Å². The van der Waals surface area contributed by atoms with E-state index in [2.05, 4.69) is 19.9 Å². The van der Waals surface area contributed by atoms with Gasteiger partial charge in [0.2, 0.25) is 0 Å². The summed E-state index contributed by atoms with van der Waals surface area (Å²) in [5, 5.41) is 16.1. The zero-order valence-electron chi connectivity index (χ0n) is 13.4. The van der Waals surface area contributed by atoms with Gasteiger partial charge < -0.3 is 19.8 Å². The summed E-state index contributed by atoms with van der Waals surface area (Å²) >= 11 is 0. The molecule has 7 heteroatoms. The average Bonchev–Trinajstić information content (AvgIpc) is 3.10. The number of hydrogen-bond acceptors (Lipinski definition) is 5. The van der Waals surface area contributed by atoms with Gasteiger partial charge in [-0.2, -0.15) is 0 Å². The maximum absolute atomic E-state index is 13.7. The SMILES string of the molecule is C[C@H](NC(=O)c1ccon1)c1cc(F)ccc1N1CCC(O)CC1. The topological polar surface area (TPSA) is 78.6 Å². The number of rotatable bonds is 4. The van der Waals surface area contributed by atoms with Crippen molar-refractivity contribution < 1.29 is 18.8 Å². The molecule has 1 saturated heterocycles. The lowest BCUT2D eigenvalue weighted by Gasteiger charge is -2.34. The van der Waals surface area contributed by atoms with Crippen molar-refractivity contribution >= 4 is 11.6 Å². The first-order valence-electron chi connectivity index (χ1n) is 7.98. The molecule has 6 nitrogen and oxygen atoms in total. The van der Waals surface area contributed by atoms with Gasteiger partial charge in [-0.25, -0.2) is 4.39 Å². The molecular formula is C17H20FN3O3. The van der Waals surface area contributed by atoms with Gasteiger partial charge in [-0.15, -0.1) is 0 Å². The molecule has 1 aromatic carbocycles. The first kappa shape index (κ1) is 16.4. The molecule has 128 valence electrons. The Hall–Kier alpha value is -2.41. The third-order valence-corrected chi connectivity index (χ3v) is 4.28. The van der Waals surface area contributed by atoms with E-state index in [-0.39, 0.29) is 23.5 Å². The molecule has 0 spiro atoms. The largest absolute Gasteiger partial charge is 0.393 e. The van der Waals surface area contributed by atoms with Gasteiger partial charge in [0.05, 0.1) is 12.1 Å². The number of halogens is 1. The Morgan fingerprint density at radius 1 is 1.42 bits per heavy atom. The standard InChI is InChI=1S/C17H20FN3O3/c1-11(19-17(23)15-6-9-24-20-15)14-10-12(18)2-3-16(14)21-7-4-13(22)5-8-21/h2-3,6,9-11,13,22H,4-5,7-8H2,1H3,(H,19,23)/t11-/m0/s1. The summed E-state index contributed by atoms with van der Waals surface area (Å²) in [6, 6.07) is 5.65. The van der Waals surface area contributed by atoms with E-state index in [1.165, 1.54) is 24.5 Å². The van der Waals surface area contributed by atoms with E-state index in [4.69, 9.17) is 0 Å². The fourth-order valence-electron chi connectivity index (χ4n) is 2.94. The molecule has 2 aromatic rings. The van der Waals surface area contributed by atoms with Crippen LogP contribution in [0.2, 0.25) is 0 Å². The van der Waals surface area contributed by atoms with Gasteiger partial charge >= 0.3 is 0 Å². The smallest absolute Gasteiger partial charge is 0.273 e. The highest BCUT2D eigenvalue weighted by atomic mass is 19.1. The maximum Gasteiger partial charge on any atom is 0.273 e. The lowest BCUT2D eigenvalue weighted by Crippen LogP contribution is -2.37. The second-order valence-electron chi connectivity index (χ2n) is 6.00. The number of aromatic nitrogens is 1. The summed E-state index contributed by atoms with van der Waals surface area (Å²) in [5.41, 5.74) is 1.75. The van der Waals surface area contributed by atoms with Crippen LogP contribution in [0.25, 0.3) is 0 Å². The van der Waals surface area contributed by atoms with Crippen molar-refractivity contribution in [2.45, 2.75) is 31.9 Å². The highest BCUT2D eigenvalue weighted by Gasteiger charge is 2.23. The second-order valence-corrected chi connectivity index (χ2v) is 6.00. The third-order valence-electron chi connectivity index (χ3n) is 4.28. The van der Waals surface area contributed by atoms with Gasteiger partial charge in [0.25, 0.3) is 5.91 Å². The number of nitrogens with one attached hydrogen (secondary N) is 1. The highest BCUT2D eigenvalue weighted by Crippen LogP contribution is 2.29. The Kier molecular flexibility index (Phi) is 4.80. The van der Waals surface area contributed by atoms with E-state index in [1.54, 1.807) is 13.0 Å². The Labute approximate surface area is 139 Å². The minimum Gasteiger partial charge on any atom is -0.393 e. The van der Waals surface area contributed by atoms with Crippen LogP contribution in [0.15, 0.2) is 35.1 Å². The van der Waals surface area contributed by atoms with Crippen LogP contribution < -0.4 is 10.2 Å². The molecule has 3 rings (SSSR count). The fourth-order valence-corrected chi connectivity index (χ4v) is 2.94. The molecule has 0 radical (unpaired) electrons. The molecule has 1 aromatic heterocycles. The number of hydrogen-bond donors (Lipinski definition) is 2. The number of benzene rings is 1. The molecule has 0 bridgehead atoms. The van der Waals surface area contributed by atoms with E-state index in [0.717, 1.165) is 5.69 Å². The van der Waals surface area contributed by atoms with Crippen LogP contribution in [0.1, 0.15) is 41.9 Å². The molecule has 1 amide bonds. The summed E-state index contributed by atoms with van der Waals surface area (Å²) in [6.45, 7) is 3.20. The number of piperidine rings is 1. The summed E-state index contributed by atoms with van der Waals surface area (Å²) < 4.78 is 18.4. The molecule has 2 heterocycles. The van der Waals surface area contributed by atoms with Crippen LogP contribution >= 0.6 is 0 Å². The molecule has 0 saturated carbocycles. The second kappa shape index (κ2) is 7.00. The number of anilines is 1. The predicted molar refractivity (Wildman–Crippen MR) is 86.2 cm³/mol. The number of carbonyl (C=O) groups is 1. The molecule has 2 N–H and O–H groups in total. The number of aliphatic hydroxyl groups excluding tert-OH is 1. The zero-order valence-corrected chi connectivity index (χ0v) is 13.4. The quantitative estimate of drug-likeness (QED) is 0.897. The van der Waals surface area contributed by atoms with Gasteiger partial charge in [0, 0.05) is 30.4 Å². The van der Waals surface area contributed by atoms with Crippen LogP contribution in [-0.4, -0.2) is 35.4 Å². The first-order chi connectivity index (χ1) is 11.5. The van der Waals surface area contributed by atoms with E-state index in [1.807, 2.05) is 0 Å². The van der Waals surface area contributed by atoms with Gasteiger partial charge in [-0.3, -0.25) is 4.79 Å². The van der Waals surface area contributed by atoms with Crippen molar-refractivity contribution in [3.63, 3.8) is 0 Å². The molecule has 24 heavy (non-hydrogen) atoms. The van der Waals surface area contributed by atoms with Crippen molar-refractivity contribution in [3.8, 4) is 0 Å². The van der Waals surface area contributed by atoms with E-state index in [9.17, 15) is 14.3 Å². The monoisotopic (exact) mass is 333 g/mol. The summed E-state index contributed by atoms with van der Waals surface area (Å²) in [4.78, 5) is 14.2. The Bertz CT molecular complexity index is 697. The van der Waals surface area contributed by atoms with E-state index >= 15 is 0 Å². The van der Waals surface area contributed by atoms with Crippen molar-refractivity contribution in [3.05, 3.63) is 47.6 Å². The van der Waals surface area contributed by atoms with Crippen LogP contribution in [-0.2, 0) is 0 Å². The van der Waals surface area contributed by atoms with Crippen molar-refractivity contribution in [2.24, 2.45) is 0 Å². The van der Waals surface area contributed by atoms with Crippen LogP contribution in [0.5, 0.6) is 0 Å². The summed E-state index contributed by atoms with van der Waals surface area (Å²) in [7, 11) is 0. The molecule has 0 unspecified atom stereocenters. The summed E-state index contributed by atoms with van der Waals surface area (Å²) in [6.07, 6.45) is 2.40. The number of aliphatic hydroxyl groups is 1. The van der Waals surface area contributed by atoms with E-state index in [0.29, 0.717) is 31.5 Å². The minimum absolute atomic E-state index is 0.181. The highest BCUT2D eigenvalue weighted by molar-refractivity contribution is 5.92. The van der Waals surface area contributed by atoms with Gasteiger partial charge in [-0.05, 0) is 38.0 Å². The van der Waals surface area contributed by atoms with Crippen molar-refractivity contribution in [1.29, 1.82) is 0 Å². The number of nitrogens with zero attached hydrogens (tertiary/aromatic N) is 2. The fraction of sp³-hybridized carbons (Fsp3) is 0.412. The Morgan fingerprint density at radius 2 is 2.17 bits per heavy atom. The van der Waals surface area contributed by atoms with Gasteiger partial charge in [0.15, 0.2) is 5.69 Å². The van der Waals surface area contributed by atoms with Gasteiger partial charge in [0.1, 0.15) is 12.1 Å². The third kappa shape index (κ3) is 3.56. The summed E-state index contributed by atoms with van der Waals surface area (Å²) in [5.74, 6) is -0.728. The number of carbonyl (C=O) groups excluding carboxylic acids is 1. The average molecular weight is 333 g/mol. The minimum atomic E-state index is -0.397. The molecule has 1 atom stereocenters. The Morgan fingerprint density at radius 3 is 2.83 bits per heavy atom. The molecule has 0 aliphatic carbocycles. The predicted octanol–water partition coefficient (Wildman–Crippen LogP) is 2.27. The van der Waals surface area contributed by atoms with Gasteiger partial charge in [-0.1, -0.05) is 5.16 Å². The molecule has 1 aliphatic rings. The molecule has 1 fully saturated rings. The Balaban J connectivity index is 1.80. The van der Waals surface area contributed by atoms with Crippen molar-refractivity contribution in [1.82, 2.24) is 10.5 Å². The molecular weight excluding hydrogens is 313 g/mol. The number of amides is 1. The lowest BCUT2D eigenvalue weighted by molar-refractivity contribution is 0.0930. The van der Waals surface area contributed by atoms with E-state index < -0.39 is 6.04 Å². The van der Waals surface area contributed by atoms with Crippen LogP contribution in [0, 0.1) is 5.82 Å². The normalized spacial score (nSPS) is 16.9. The molecule has 1 aliphatic heterocycles. The first-order valence-corrected chi connectivity index (χ1v) is 7.98. The maximum atomic E-state index is 13.7. The lowest BCUT2D eigenvalue weighted by atomic mass is 10.0. The zero-order chi connectivity index (χ0) is 17.1.